The summed E-state index contributed by atoms with van der Waals surface area (Å²) in [6.45, 7) is 1.88. The van der Waals surface area contributed by atoms with Gasteiger partial charge in [-0.2, -0.15) is 0 Å². The number of rotatable bonds is 2. The Bertz CT molecular complexity index is 641. The highest BCUT2D eigenvalue weighted by atomic mass is 79.9. The summed E-state index contributed by atoms with van der Waals surface area (Å²) in [6, 6.07) is 10.9. The van der Waals surface area contributed by atoms with Crippen molar-refractivity contribution in [1.29, 1.82) is 0 Å². The number of nitrogens with two attached hydrogens (primary N) is 1. The topological polar surface area (TPSA) is 55.1 Å². The van der Waals surface area contributed by atoms with Gasteiger partial charge in [0, 0.05) is 20.3 Å². The van der Waals surface area contributed by atoms with Crippen LogP contribution in [0.15, 0.2) is 45.3 Å². The van der Waals surface area contributed by atoms with Crippen molar-refractivity contribution in [2.45, 2.75) is 6.92 Å². The molecule has 0 spiro atoms. The van der Waals surface area contributed by atoms with Gasteiger partial charge in [0.15, 0.2) is 0 Å². The molecule has 2 aromatic rings. The summed E-state index contributed by atoms with van der Waals surface area (Å²) in [5.41, 5.74) is 8.63. The molecule has 0 heterocycles. The van der Waals surface area contributed by atoms with E-state index in [-0.39, 0.29) is 5.91 Å². The fourth-order valence-corrected chi connectivity index (χ4v) is 2.44. The number of carbonyl (C=O) groups is 1. The van der Waals surface area contributed by atoms with E-state index in [1.54, 1.807) is 12.1 Å². The molecule has 19 heavy (non-hydrogen) atoms. The Morgan fingerprint density at radius 2 is 1.95 bits per heavy atom. The van der Waals surface area contributed by atoms with Crippen LogP contribution in [0.5, 0.6) is 0 Å². The normalized spacial score (nSPS) is 10.3. The van der Waals surface area contributed by atoms with E-state index >= 15 is 0 Å². The molecule has 98 valence electrons. The zero-order valence-electron chi connectivity index (χ0n) is 10.2. The number of carbonyl (C=O) groups excluding carboxylic acids is 1. The Morgan fingerprint density at radius 3 is 2.68 bits per heavy atom. The van der Waals surface area contributed by atoms with Crippen molar-refractivity contribution in [3.63, 3.8) is 0 Å². The van der Waals surface area contributed by atoms with E-state index in [1.165, 1.54) is 0 Å². The molecule has 2 aromatic carbocycles. The highest BCUT2D eigenvalue weighted by Crippen LogP contribution is 2.25. The van der Waals surface area contributed by atoms with Gasteiger partial charge in [0.25, 0.3) is 5.91 Å². The first-order valence-corrected chi connectivity index (χ1v) is 7.19. The molecule has 0 radical (unpaired) electrons. The lowest BCUT2D eigenvalue weighted by Gasteiger charge is -2.11. The average Bonchev–Trinajstić information content (AvgIpc) is 2.38. The van der Waals surface area contributed by atoms with Crippen LogP contribution in [0.25, 0.3) is 0 Å². The van der Waals surface area contributed by atoms with Crippen LogP contribution in [-0.4, -0.2) is 5.91 Å². The van der Waals surface area contributed by atoms with Crippen LogP contribution < -0.4 is 11.1 Å². The van der Waals surface area contributed by atoms with Crippen molar-refractivity contribution in [1.82, 2.24) is 0 Å². The number of amides is 1. The second-order valence-electron chi connectivity index (χ2n) is 4.10. The summed E-state index contributed by atoms with van der Waals surface area (Å²) in [5.74, 6) is -0.179. The van der Waals surface area contributed by atoms with Crippen LogP contribution in [0.2, 0.25) is 0 Å². The lowest BCUT2D eigenvalue weighted by Crippen LogP contribution is -2.14. The second kappa shape index (κ2) is 5.75. The lowest BCUT2D eigenvalue weighted by atomic mass is 10.1. The first kappa shape index (κ1) is 14.1. The maximum atomic E-state index is 12.2. The van der Waals surface area contributed by atoms with E-state index in [0.29, 0.717) is 11.3 Å². The van der Waals surface area contributed by atoms with Crippen LogP contribution in [0.1, 0.15) is 15.9 Å². The number of benzene rings is 2. The van der Waals surface area contributed by atoms with E-state index in [4.69, 9.17) is 5.73 Å². The smallest absolute Gasteiger partial charge is 0.256 e. The molecule has 0 aliphatic rings. The van der Waals surface area contributed by atoms with Gasteiger partial charge >= 0.3 is 0 Å². The van der Waals surface area contributed by atoms with Crippen molar-refractivity contribution < 1.29 is 4.79 Å². The zero-order valence-corrected chi connectivity index (χ0v) is 13.4. The standard InChI is InChI=1S/C14H12Br2N2O/c1-8-12(17)3-2-4-13(8)18-14(19)10-7-9(15)5-6-11(10)16/h2-7H,17H2,1H3,(H,18,19). The van der Waals surface area contributed by atoms with Gasteiger partial charge in [-0.15, -0.1) is 0 Å². The minimum atomic E-state index is -0.179. The van der Waals surface area contributed by atoms with Gasteiger partial charge in [-0.3, -0.25) is 4.79 Å². The van der Waals surface area contributed by atoms with Crippen LogP contribution in [0, 0.1) is 6.92 Å². The van der Waals surface area contributed by atoms with Crippen LogP contribution in [-0.2, 0) is 0 Å². The SMILES string of the molecule is Cc1c(N)cccc1NC(=O)c1cc(Br)ccc1Br. The van der Waals surface area contributed by atoms with Gasteiger partial charge in [0.05, 0.1) is 5.56 Å². The first-order valence-electron chi connectivity index (χ1n) is 5.60. The molecule has 2 rings (SSSR count). The van der Waals surface area contributed by atoms with Gasteiger partial charge in [-0.05, 0) is 58.7 Å². The first-order chi connectivity index (χ1) is 8.99. The van der Waals surface area contributed by atoms with Gasteiger partial charge in [-0.1, -0.05) is 22.0 Å². The zero-order chi connectivity index (χ0) is 14.0. The van der Waals surface area contributed by atoms with Gasteiger partial charge in [-0.25, -0.2) is 0 Å². The molecule has 0 unspecified atom stereocenters. The fourth-order valence-electron chi connectivity index (χ4n) is 1.65. The summed E-state index contributed by atoms with van der Waals surface area (Å²) in [6.07, 6.45) is 0. The van der Waals surface area contributed by atoms with Crippen LogP contribution in [0.3, 0.4) is 0 Å². The Hall–Kier alpha value is -1.33. The third-order valence-electron chi connectivity index (χ3n) is 2.80. The highest BCUT2D eigenvalue weighted by molar-refractivity contribution is 9.11. The number of anilines is 2. The molecule has 3 N–H and O–H groups in total. The van der Waals surface area contributed by atoms with E-state index < -0.39 is 0 Å². The highest BCUT2D eigenvalue weighted by Gasteiger charge is 2.12. The predicted molar refractivity (Wildman–Crippen MR) is 85.4 cm³/mol. The maximum Gasteiger partial charge on any atom is 0.256 e. The van der Waals surface area contributed by atoms with E-state index in [0.717, 1.165) is 20.2 Å². The average molecular weight is 384 g/mol. The predicted octanol–water partition coefficient (Wildman–Crippen LogP) is 4.35. The van der Waals surface area contributed by atoms with Crippen molar-refractivity contribution in [2.75, 3.05) is 11.1 Å². The minimum Gasteiger partial charge on any atom is -0.398 e. The second-order valence-corrected chi connectivity index (χ2v) is 5.87. The van der Waals surface area contributed by atoms with Crippen molar-refractivity contribution in [2.24, 2.45) is 0 Å². The molecule has 0 aliphatic heterocycles. The Labute approximate surface area is 128 Å². The third kappa shape index (κ3) is 3.16. The molecular formula is C14H12Br2N2O. The van der Waals surface area contributed by atoms with E-state index in [9.17, 15) is 4.79 Å². The summed E-state index contributed by atoms with van der Waals surface area (Å²) in [5, 5.41) is 2.87. The number of hydrogen-bond acceptors (Lipinski definition) is 2. The molecule has 0 aromatic heterocycles. The van der Waals surface area contributed by atoms with Crippen molar-refractivity contribution in [3.8, 4) is 0 Å². The van der Waals surface area contributed by atoms with E-state index in [2.05, 4.69) is 37.2 Å². The summed E-state index contributed by atoms with van der Waals surface area (Å²) in [4.78, 5) is 12.2. The summed E-state index contributed by atoms with van der Waals surface area (Å²) >= 11 is 6.73. The molecular weight excluding hydrogens is 372 g/mol. The third-order valence-corrected chi connectivity index (χ3v) is 3.98. The molecule has 0 saturated carbocycles. The molecule has 5 heteroatoms. The molecule has 0 saturated heterocycles. The number of nitrogens with one attached hydrogen (secondary N) is 1. The van der Waals surface area contributed by atoms with Crippen LogP contribution in [0.4, 0.5) is 11.4 Å². The summed E-state index contributed by atoms with van der Waals surface area (Å²) < 4.78 is 1.60. The molecule has 0 bridgehead atoms. The minimum absolute atomic E-state index is 0.179. The number of halogens is 2. The molecule has 0 aliphatic carbocycles. The van der Waals surface area contributed by atoms with Gasteiger partial charge in [0.2, 0.25) is 0 Å². The van der Waals surface area contributed by atoms with Crippen molar-refractivity contribution in [3.05, 3.63) is 56.5 Å². The van der Waals surface area contributed by atoms with Gasteiger partial charge in [0.1, 0.15) is 0 Å². The number of hydrogen-bond donors (Lipinski definition) is 2. The Morgan fingerprint density at radius 1 is 1.21 bits per heavy atom. The van der Waals surface area contributed by atoms with Crippen LogP contribution >= 0.6 is 31.9 Å². The van der Waals surface area contributed by atoms with Gasteiger partial charge < -0.3 is 11.1 Å². The maximum absolute atomic E-state index is 12.2. The quantitative estimate of drug-likeness (QED) is 0.757. The molecule has 0 atom stereocenters. The Balaban J connectivity index is 2.31. The molecule has 1 amide bonds. The monoisotopic (exact) mass is 382 g/mol. The number of nitrogen functional groups attached to an aromatic ring is 1. The van der Waals surface area contributed by atoms with E-state index in [1.807, 2.05) is 31.2 Å². The largest absolute Gasteiger partial charge is 0.398 e. The summed E-state index contributed by atoms with van der Waals surface area (Å²) in [7, 11) is 0. The molecule has 0 fully saturated rings. The molecule has 3 nitrogen and oxygen atoms in total. The fraction of sp³-hybridized carbons (Fsp3) is 0.0714. The lowest BCUT2D eigenvalue weighted by molar-refractivity contribution is 0.102. The van der Waals surface area contributed by atoms with Crippen molar-refractivity contribution >= 4 is 49.1 Å². The Kier molecular flexibility index (Phi) is 4.27.